The Labute approximate surface area is 91.8 Å². The average molecular weight is 257 g/mol. The molecule has 0 aliphatic heterocycles. The molecule has 0 aromatic heterocycles. The molecule has 0 unspecified atom stereocenters. The molecule has 0 atom stereocenters. The monoisotopic (exact) mass is 256 g/mol. The van der Waals surface area contributed by atoms with Gasteiger partial charge in [-0.05, 0) is 30.7 Å². The van der Waals surface area contributed by atoms with Gasteiger partial charge in [-0.1, -0.05) is 15.9 Å². The molecule has 0 saturated heterocycles. The maximum Gasteiger partial charge on any atom is 0.225 e. The lowest BCUT2D eigenvalue weighted by Gasteiger charge is -2.05. The van der Waals surface area contributed by atoms with Gasteiger partial charge in [0.1, 0.15) is 0 Å². The summed E-state index contributed by atoms with van der Waals surface area (Å²) >= 11 is 3.37. The van der Waals surface area contributed by atoms with E-state index >= 15 is 0 Å². The van der Waals surface area contributed by atoms with Gasteiger partial charge in [0, 0.05) is 23.1 Å². The van der Waals surface area contributed by atoms with E-state index in [0.717, 1.165) is 15.7 Å². The summed E-state index contributed by atoms with van der Waals surface area (Å²) in [7, 11) is 0. The van der Waals surface area contributed by atoms with Gasteiger partial charge >= 0.3 is 0 Å². The predicted molar refractivity (Wildman–Crippen MR) is 61.2 cm³/mol. The molecule has 4 heteroatoms. The summed E-state index contributed by atoms with van der Waals surface area (Å²) < 4.78 is 0.959. The van der Waals surface area contributed by atoms with Gasteiger partial charge in [0.2, 0.25) is 5.91 Å². The minimum atomic E-state index is -0.0509. The summed E-state index contributed by atoms with van der Waals surface area (Å²) in [6.07, 6.45) is 0.353. The zero-order valence-corrected chi connectivity index (χ0v) is 9.60. The molecular weight excluding hydrogens is 244 g/mol. The Balaban J connectivity index is 2.71. The molecule has 1 aromatic rings. The number of rotatable bonds is 3. The normalized spacial score (nSPS) is 9.93. The van der Waals surface area contributed by atoms with E-state index < -0.39 is 0 Å². The van der Waals surface area contributed by atoms with Crippen LogP contribution in [0.4, 0.5) is 5.69 Å². The van der Waals surface area contributed by atoms with Crippen LogP contribution in [-0.4, -0.2) is 12.5 Å². The first-order chi connectivity index (χ1) is 6.61. The highest BCUT2D eigenvalue weighted by atomic mass is 79.9. The molecule has 0 radical (unpaired) electrons. The number of halogens is 1. The Hall–Kier alpha value is -0.870. The number of aryl methyl sites for hydroxylation is 1. The Morgan fingerprint density at radius 1 is 1.50 bits per heavy atom. The third-order valence-electron chi connectivity index (χ3n) is 1.70. The summed E-state index contributed by atoms with van der Waals surface area (Å²) in [4.78, 5) is 11.2. The lowest BCUT2D eigenvalue weighted by Crippen LogP contribution is -2.16. The molecule has 0 aliphatic rings. The number of nitrogens with two attached hydrogens (primary N) is 1. The fourth-order valence-corrected chi connectivity index (χ4v) is 1.77. The van der Waals surface area contributed by atoms with Gasteiger partial charge in [-0.25, -0.2) is 0 Å². The van der Waals surface area contributed by atoms with Crippen LogP contribution in [-0.2, 0) is 4.79 Å². The standard InChI is InChI=1S/C10H13BrN2O/c1-7-4-8(11)6-9(5-7)13-10(14)2-3-12/h4-6H,2-3,12H2,1H3,(H,13,14). The van der Waals surface area contributed by atoms with Gasteiger partial charge in [0.25, 0.3) is 0 Å². The molecule has 76 valence electrons. The van der Waals surface area contributed by atoms with Gasteiger partial charge in [-0.2, -0.15) is 0 Å². The van der Waals surface area contributed by atoms with Crippen LogP contribution in [0, 0.1) is 6.92 Å². The number of carbonyl (C=O) groups is 1. The van der Waals surface area contributed by atoms with Gasteiger partial charge in [-0.15, -0.1) is 0 Å². The van der Waals surface area contributed by atoms with Gasteiger partial charge in [0.15, 0.2) is 0 Å². The summed E-state index contributed by atoms with van der Waals surface area (Å²) in [5.74, 6) is -0.0509. The molecule has 1 rings (SSSR count). The summed E-state index contributed by atoms with van der Waals surface area (Å²) in [5, 5.41) is 2.78. The fourth-order valence-electron chi connectivity index (χ4n) is 1.16. The molecule has 3 nitrogen and oxygen atoms in total. The Bertz CT molecular complexity index is 319. The fraction of sp³-hybridized carbons (Fsp3) is 0.300. The summed E-state index contributed by atoms with van der Waals surface area (Å²) in [5.41, 5.74) is 7.17. The SMILES string of the molecule is Cc1cc(Br)cc(NC(=O)CCN)c1. The lowest BCUT2D eigenvalue weighted by atomic mass is 10.2. The van der Waals surface area contributed by atoms with Crippen molar-refractivity contribution >= 4 is 27.5 Å². The van der Waals surface area contributed by atoms with Crippen LogP contribution in [0.15, 0.2) is 22.7 Å². The first-order valence-corrected chi connectivity index (χ1v) is 5.18. The van der Waals surface area contributed by atoms with Crippen molar-refractivity contribution in [2.75, 3.05) is 11.9 Å². The van der Waals surface area contributed by atoms with Crippen molar-refractivity contribution in [2.24, 2.45) is 5.73 Å². The van der Waals surface area contributed by atoms with E-state index in [1.807, 2.05) is 25.1 Å². The van der Waals surface area contributed by atoms with E-state index in [4.69, 9.17) is 5.73 Å². The second kappa shape index (κ2) is 5.12. The zero-order valence-electron chi connectivity index (χ0n) is 8.01. The molecule has 0 bridgehead atoms. The third kappa shape index (κ3) is 3.47. The highest BCUT2D eigenvalue weighted by Crippen LogP contribution is 2.18. The van der Waals surface area contributed by atoms with Crippen molar-refractivity contribution in [2.45, 2.75) is 13.3 Å². The number of carbonyl (C=O) groups excluding carboxylic acids is 1. The molecule has 0 aliphatic carbocycles. The topological polar surface area (TPSA) is 55.1 Å². The van der Waals surface area contributed by atoms with Crippen LogP contribution < -0.4 is 11.1 Å². The van der Waals surface area contributed by atoms with E-state index in [1.54, 1.807) is 0 Å². The smallest absolute Gasteiger partial charge is 0.225 e. The second-order valence-electron chi connectivity index (χ2n) is 3.10. The highest BCUT2D eigenvalue weighted by Gasteiger charge is 2.01. The van der Waals surface area contributed by atoms with Crippen molar-refractivity contribution in [3.8, 4) is 0 Å². The first kappa shape index (κ1) is 11.2. The quantitative estimate of drug-likeness (QED) is 0.870. The van der Waals surface area contributed by atoms with Crippen molar-refractivity contribution < 1.29 is 4.79 Å². The van der Waals surface area contributed by atoms with Gasteiger partial charge in [-0.3, -0.25) is 4.79 Å². The molecule has 0 spiro atoms. The van der Waals surface area contributed by atoms with Crippen LogP contribution in [0.1, 0.15) is 12.0 Å². The van der Waals surface area contributed by atoms with Crippen LogP contribution >= 0.6 is 15.9 Å². The Morgan fingerprint density at radius 2 is 2.21 bits per heavy atom. The molecule has 1 aromatic carbocycles. The van der Waals surface area contributed by atoms with Crippen LogP contribution in [0.3, 0.4) is 0 Å². The third-order valence-corrected chi connectivity index (χ3v) is 2.16. The van der Waals surface area contributed by atoms with Gasteiger partial charge < -0.3 is 11.1 Å². The minimum Gasteiger partial charge on any atom is -0.330 e. The maximum atomic E-state index is 11.2. The molecule has 14 heavy (non-hydrogen) atoms. The summed E-state index contributed by atoms with van der Waals surface area (Å²) in [6.45, 7) is 2.35. The Kier molecular flexibility index (Phi) is 4.10. The number of benzene rings is 1. The van der Waals surface area contributed by atoms with Crippen molar-refractivity contribution in [3.05, 3.63) is 28.2 Å². The number of hydrogen-bond donors (Lipinski definition) is 2. The van der Waals surface area contributed by atoms with Crippen LogP contribution in [0.25, 0.3) is 0 Å². The summed E-state index contributed by atoms with van der Waals surface area (Å²) in [6, 6.07) is 5.76. The molecule has 0 fully saturated rings. The molecule has 3 N–H and O–H groups in total. The van der Waals surface area contributed by atoms with Crippen LogP contribution in [0.5, 0.6) is 0 Å². The molecule has 0 heterocycles. The number of hydrogen-bond acceptors (Lipinski definition) is 2. The number of nitrogens with one attached hydrogen (secondary N) is 1. The maximum absolute atomic E-state index is 11.2. The van der Waals surface area contributed by atoms with E-state index in [-0.39, 0.29) is 5.91 Å². The van der Waals surface area contributed by atoms with Crippen molar-refractivity contribution in [3.63, 3.8) is 0 Å². The molecular formula is C10H13BrN2O. The lowest BCUT2D eigenvalue weighted by molar-refractivity contribution is -0.116. The van der Waals surface area contributed by atoms with E-state index in [0.29, 0.717) is 13.0 Å². The Morgan fingerprint density at radius 3 is 2.79 bits per heavy atom. The largest absolute Gasteiger partial charge is 0.330 e. The van der Waals surface area contributed by atoms with Gasteiger partial charge in [0.05, 0.1) is 0 Å². The van der Waals surface area contributed by atoms with E-state index in [1.165, 1.54) is 0 Å². The van der Waals surface area contributed by atoms with E-state index in [2.05, 4.69) is 21.2 Å². The average Bonchev–Trinajstić information content (AvgIpc) is 2.01. The number of anilines is 1. The molecule has 0 saturated carbocycles. The zero-order chi connectivity index (χ0) is 10.6. The first-order valence-electron chi connectivity index (χ1n) is 4.39. The van der Waals surface area contributed by atoms with Crippen LogP contribution in [0.2, 0.25) is 0 Å². The predicted octanol–water partition coefficient (Wildman–Crippen LogP) is 2.04. The highest BCUT2D eigenvalue weighted by molar-refractivity contribution is 9.10. The van der Waals surface area contributed by atoms with Crippen molar-refractivity contribution in [1.82, 2.24) is 0 Å². The number of amides is 1. The minimum absolute atomic E-state index is 0.0509. The van der Waals surface area contributed by atoms with Crippen molar-refractivity contribution in [1.29, 1.82) is 0 Å². The van der Waals surface area contributed by atoms with E-state index in [9.17, 15) is 4.79 Å². The molecule has 1 amide bonds. The second-order valence-corrected chi connectivity index (χ2v) is 4.02.